The van der Waals surface area contributed by atoms with E-state index in [1.54, 1.807) is 0 Å². The molecule has 2 unspecified atom stereocenters. The molecule has 0 saturated carbocycles. The van der Waals surface area contributed by atoms with Crippen molar-refractivity contribution in [2.45, 2.75) is 57.7 Å². The summed E-state index contributed by atoms with van der Waals surface area (Å²) in [5.41, 5.74) is 1.35. The van der Waals surface area contributed by atoms with E-state index in [1.807, 2.05) is 0 Å². The van der Waals surface area contributed by atoms with Crippen molar-refractivity contribution in [2.75, 3.05) is 6.54 Å². The van der Waals surface area contributed by atoms with Gasteiger partial charge in [-0.15, -0.1) is 0 Å². The van der Waals surface area contributed by atoms with E-state index < -0.39 is 0 Å². The van der Waals surface area contributed by atoms with Crippen molar-refractivity contribution in [1.29, 1.82) is 0 Å². The summed E-state index contributed by atoms with van der Waals surface area (Å²) in [7, 11) is 0. The minimum atomic E-state index is 0.409. The Kier molecular flexibility index (Phi) is 5.86. The SMILES string of the molecule is CC(CC1CCCCN1)N[C@H](C)c1ccc(Br)cc1. The Morgan fingerprint density at radius 2 is 2.00 bits per heavy atom. The maximum Gasteiger partial charge on any atom is 0.0294 e. The van der Waals surface area contributed by atoms with Gasteiger partial charge in [0.25, 0.3) is 0 Å². The zero-order valence-corrected chi connectivity index (χ0v) is 13.5. The molecule has 0 radical (unpaired) electrons. The van der Waals surface area contributed by atoms with Crippen LogP contribution in [-0.4, -0.2) is 18.6 Å². The molecule has 2 N–H and O–H groups in total. The molecule has 0 aromatic heterocycles. The van der Waals surface area contributed by atoms with Crippen molar-refractivity contribution in [2.24, 2.45) is 0 Å². The first-order valence-electron chi connectivity index (χ1n) is 7.40. The Bertz CT molecular complexity index is 371. The summed E-state index contributed by atoms with van der Waals surface area (Å²) in [6.45, 7) is 5.74. The molecule has 1 aliphatic rings. The van der Waals surface area contributed by atoms with E-state index in [9.17, 15) is 0 Å². The molecule has 3 atom stereocenters. The third-order valence-corrected chi connectivity index (χ3v) is 4.48. The standard InChI is InChI=1S/C16H25BrN2/c1-12(11-16-5-3-4-10-18-16)19-13(2)14-6-8-15(17)9-7-14/h6-9,12-13,16,18-19H,3-5,10-11H2,1-2H3/t12?,13-,16?/m1/s1. The normalized spacial score (nSPS) is 23.0. The number of rotatable bonds is 5. The summed E-state index contributed by atoms with van der Waals surface area (Å²) in [6, 6.07) is 10.3. The van der Waals surface area contributed by atoms with Crippen LogP contribution in [-0.2, 0) is 0 Å². The minimum absolute atomic E-state index is 0.409. The summed E-state index contributed by atoms with van der Waals surface area (Å²) in [5.74, 6) is 0. The number of nitrogens with one attached hydrogen (secondary N) is 2. The Hall–Kier alpha value is -0.380. The highest BCUT2D eigenvalue weighted by Crippen LogP contribution is 2.18. The lowest BCUT2D eigenvalue weighted by Gasteiger charge is -2.28. The summed E-state index contributed by atoms with van der Waals surface area (Å²) in [4.78, 5) is 0. The second kappa shape index (κ2) is 7.41. The molecule has 1 saturated heterocycles. The Balaban J connectivity index is 1.80. The van der Waals surface area contributed by atoms with Gasteiger partial charge in [0.1, 0.15) is 0 Å². The average molecular weight is 325 g/mol. The molecule has 1 aliphatic heterocycles. The summed E-state index contributed by atoms with van der Waals surface area (Å²) in [6.07, 6.45) is 5.28. The van der Waals surface area contributed by atoms with Crippen molar-refractivity contribution < 1.29 is 0 Å². The van der Waals surface area contributed by atoms with E-state index in [1.165, 1.54) is 37.8 Å². The first-order valence-corrected chi connectivity index (χ1v) is 8.19. The van der Waals surface area contributed by atoms with Crippen molar-refractivity contribution in [1.82, 2.24) is 10.6 Å². The fraction of sp³-hybridized carbons (Fsp3) is 0.625. The van der Waals surface area contributed by atoms with Gasteiger partial charge >= 0.3 is 0 Å². The maximum atomic E-state index is 3.71. The second-order valence-corrected chi connectivity index (χ2v) is 6.64. The van der Waals surface area contributed by atoms with Gasteiger partial charge in [-0.3, -0.25) is 0 Å². The number of hydrogen-bond donors (Lipinski definition) is 2. The van der Waals surface area contributed by atoms with Gasteiger partial charge in [0.2, 0.25) is 0 Å². The second-order valence-electron chi connectivity index (χ2n) is 5.72. The van der Waals surface area contributed by atoms with Crippen LogP contribution in [0.2, 0.25) is 0 Å². The third-order valence-electron chi connectivity index (χ3n) is 3.95. The first kappa shape index (κ1) is 15.0. The van der Waals surface area contributed by atoms with Crippen LogP contribution in [0.1, 0.15) is 51.1 Å². The highest BCUT2D eigenvalue weighted by atomic mass is 79.9. The quantitative estimate of drug-likeness (QED) is 0.854. The number of benzene rings is 1. The van der Waals surface area contributed by atoms with Crippen LogP contribution in [0.15, 0.2) is 28.7 Å². The molecule has 0 bridgehead atoms. The average Bonchev–Trinajstić information content (AvgIpc) is 2.40. The molecular formula is C16H25BrN2. The van der Waals surface area contributed by atoms with Gasteiger partial charge in [-0.05, 0) is 57.4 Å². The van der Waals surface area contributed by atoms with Crippen LogP contribution in [0.3, 0.4) is 0 Å². The van der Waals surface area contributed by atoms with Crippen LogP contribution in [0.25, 0.3) is 0 Å². The van der Waals surface area contributed by atoms with Gasteiger partial charge in [0.05, 0.1) is 0 Å². The third kappa shape index (κ3) is 4.90. The molecule has 2 rings (SSSR count). The molecule has 0 amide bonds. The van der Waals surface area contributed by atoms with E-state index in [-0.39, 0.29) is 0 Å². The zero-order chi connectivity index (χ0) is 13.7. The molecule has 0 spiro atoms. The van der Waals surface area contributed by atoms with Crippen molar-refractivity contribution in [3.63, 3.8) is 0 Å². The zero-order valence-electron chi connectivity index (χ0n) is 12.0. The lowest BCUT2D eigenvalue weighted by atomic mass is 9.98. The molecule has 106 valence electrons. The predicted molar refractivity (Wildman–Crippen MR) is 85.4 cm³/mol. The van der Waals surface area contributed by atoms with Crippen LogP contribution in [0.4, 0.5) is 0 Å². The largest absolute Gasteiger partial charge is 0.314 e. The van der Waals surface area contributed by atoms with Crippen molar-refractivity contribution in [3.05, 3.63) is 34.3 Å². The molecule has 1 fully saturated rings. The monoisotopic (exact) mass is 324 g/mol. The van der Waals surface area contributed by atoms with Gasteiger partial charge in [-0.2, -0.15) is 0 Å². The van der Waals surface area contributed by atoms with E-state index in [0.29, 0.717) is 18.1 Å². The van der Waals surface area contributed by atoms with Gasteiger partial charge in [-0.1, -0.05) is 34.5 Å². The van der Waals surface area contributed by atoms with E-state index in [4.69, 9.17) is 0 Å². The van der Waals surface area contributed by atoms with Crippen LogP contribution >= 0.6 is 15.9 Å². The highest BCUT2D eigenvalue weighted by molar-refractivity contribution is 9.10. The van der Waals surface area contributed by atoms with Gasteiger partial charge in [-0.25, -0.2) is 0 Å². The summed E-state index contributed by atoms with van der Waals surface area (Å²) < 4.78 is 1.14. The van der Waals surface area contributed by atoms with E-state index in [0.717, 1.165) is 4.47 Å². The van der Waals surface area contributed by atoms with Gasteiger partial charge in [0.15, 0.2) is 0 Å². The minimum Gasteiger partial charge on any atom is -0.314 e. The maximum absolute atomic E-state index is 3.71. The molecular weight excluding hydrogens is 300 g/mol. The van der Waals surface area contributed by atoms with Gasteiger partial charge in [0, 0.05) is 22.6 Å². The lowest BCUT2D eigenvalue weighted by molar-refractivity contribution is 0.334. The number of hydrogen-bond acceptors (Lipinski definition) is 2. The summed E-state index contributed by atoms with van der Waals surface area (Å²) in [5, 5.41) is 7.33. The van der Waals surface area contributed by atoms with E-state index >= 15 is 0 Å². The molecule has 0 aliphatic carbocycles. The molecule has 19 heavy (non-hydrogen) atoms. The highest BCUT2D eigenvalue weighted by Gasteiger charge is 2.17. The predicted octanol–water partition coefficient (Wildman–Crippen LogP) is 4.02. The van der Waals surface area contributed by atoms with Crippen LogP contribution in [0.5, 0.6) is 0 Å². The molecule has 1 aromatic carbocycles. The molecule has 1 aromatic rings. The van der Waals surface area contributed by atoms with Crippen molar-refractivity contribution >= 4 is 15.9 Å². The van der Waals surface area contributed by atoms with E-state index in [2.05, 4.69) is 64.7 Å². The molecule has 3 heteroatoms. The molecule has 1 heterocycles. The Morgan fingerprint density at radius 1 is 1.26 bits per heavy atom. The lowest BCUT2D eigenvalue weighted by Crippen LogP contribution is -2.40. The van der Waals surface area contributed by atoms with Gasteiger partial charge < -0.3 is 10.6 Å². The number of halogens is 1. The van der Waals surface area contributed by atoms with Crippen molar-refractivity contribution in [3.8, 4) is 0 Å². The van der Waals surface area contributed by atoms with Crippen LogP contribution < -0.4 is 10.6 Å². The molecule has 2 nitrogen and oxygen atoms in total. The number of piperidine rings is 1. The topological polar surface area (TPSA) is 24.1 Å². The Morgan fingerprint density at radius 3 is 2.63 bits per heavy atom. The summed E-state index contributed by atoms with van der Waals surface area (Å²) >= 11 is 3.48. The first-order chi connectivity index (χ1) is 9.15. The smallest absolute Gasteiger partial charge is 0.0294 e. The fourth-order valence-corrected chi connectivity index (χ4v) is 3.16. The Labute approximate surface area is 125 Å². The van der Waals surface area contributed by atoms with Crippen LogP contribution in [0, 0.1) is 0 Å². The fourth-order valence-electron chi connectivity index (χ4n) is 2.89.